The number of amides is 1. The number of benzene rings is 4. The number of carbonyl (C=O) groups is 2. The Balaban J connectivity index is 1.58. The van der Waals surface area contributed by atoms with E-state index in [0.717, 1.165) is 27.8 Å². The third-order valence-corrected chi connectivity index (χ3v) is 9.34. The number of hydrogen-bond acceptors (Lipinski definition) is 8. The Morgan fingerprint density at radius 3 is 2.04 bits per heavy atom. The zero-order valence-corrected chi connectivity index (χ0v) is 30.6. The molecular formula is C40H42N4O7S. The molecule has 270 valence electrons. The second-order valence-corrected chi connectivity index (χ2v) is 15.0. The van der Waals surface area contributed by atoms with Crippen molar-refractivity contribution in [1.82, 2.24) is 14.9 Å². The zero-order chi connectivity index (χ0) is 37.5. The van der Waals surface area contributed by atoms with Crippen molar-refractivity contribution in [3.8, 4) is 17.1 Å². The van der Waals surface area contributed by atoms with E-state index in [9.17, 15) is 23.1 Å². The molecule has 0 radical (unpaired) electrons. The van der Waals surface area contributed by atoms with Gasteiger partial charge in [-0.05, 0) is 69.0 Å². The Morgan fingerprint density at radius 1 is 0.827 bits per heavy atom. The van der Waals surface area contributed by atoms with E-state index in [-0.39, 0.29) is 24.9 Å². The summed E-state index contributed by atoms with van der Waals surface area (Å²) in [6, 6.07) is 31.8. The molecule has 0 saturated heterocycles. The van der Waals surface area contributed by atoms with Gasteiger partial charge in [-0.25, -0.2) is 27.7 Å². The molecule has 0 aliphatic rings. The van der Waals surface area contributed by atoms with Gasteiger partial charge in [0, 0.05) is 24.6 Å². The average molecular weight is 723 g/mol. The van der Waals surface area contributed by atoms with Gasteiger partial charge in [0.1, 0.15) is 16.6 Å². The summed E-state index contributed by atoms with van der Waals surface area (Å²) < 4.78 is 42.1. The minimum absolute atomic E-state index is 0.0432. The van der Waals surface area contributed by atoms with E-state index in [1.807, 2.05) is 92.7 Å². The van der Waals surface area contributed by atoms with Crippen LogP contribution in [0.3, 0.4) is 0 Å². The van der Waals surface area contributed by atoms with Crippen molar-refractivity contribution in [3.05, 3.63) is 137 Å². The molecule has 5 aromatic rings. The third-order valence-electron chi connectivity index (χ3n) is 7.96. The number of nitrogens with one attached hydrogen (secondary N) is 1. The Labute approximate surface area is 304 Å². The summed E-state index contributed by atoms with van der Waals surface area (Å²) >= 11 is 0. The third kappa shape index (κ3) is 9.94. The van der Waals surface area contributed by atoms with E-state index >= 15 is 0 Å². The first-order chi connectivity index (χ1) is 24.7. The molecule has 0 fully saturated rings. The second kappa shape index (κ2) is 16.1. The van der Waals surface area contributed by atoms with Crippen molar-refractivity contribution >= 4 is 28.0 Å². The molecule has 0 saturated carbocycles. The summed E-state index contributed by atoms with van der Waals surface area (Å²) in [5, 5.41) is 9.70. The molecule has 52 heavy (non-hydrogen) atoms. The quantitative estimate of drug-likeness (QED) is 0.125. The van der Waals surface area contributed by atoms with Gasteiger partial charge in [0.05, 0.1) is 17.8 Å². The fourth-order valence-electron chi connectivity index (χ4n) is 5.70. The van der Waals surface area contributed by atoms with Gasteiger partial charge >= 0.3 is 12.1 Å². The molecular weight excluding hydrogens is 681 g/mol. The highest BCUT2D eigenvalue weighted by Crippen LogP contribution is 2.30. The van der Waals surface area contributed by atoms with Gasteiger partial charge < -0.3 is 19.5 Å². The number of nitrogens with zero attached hydrogens (tertiary/aromatic N) is 3. The number of aromatic carboxylic acids is 1. The maximum atomic E-state index is 13.6. The van der Waals surface area contributed by atoms with Crippen molar-refractivity contribution in [2.75, 3.05) is 11.3 Å². The number of sulfonamides is 1. The van der Waals surface area contributed by atoms with Gasteiger partial charge in [-0.1, -0.05) is 91.0 Å². The van der Waals surface area contributed by atoms with Gasteiger partial charge in [-0.15, -0.1) is 0 Å². The average Bonchev–Trinajstić information content (AvgIpc) is 3.08. The molecule has 1 heterocycles. The van der Waals surface area contributed by atoms with Crippen LogP contribution in [-0.2, 0) is 27.7 Å². The van der Waals surface area contributed by atoms with Crippen LogP contribution in [0.5, 0.6) is 5.88 Å². The van der Waals surface area contributed by atoms with E-state index in [1.54, 1.807) is 31.7 Å². The first kappa shape index (κ1) is 37.5. The Morgan fingerprint density at radius 2 is 1.42 bits per heavy atom. The summed E-state index contributed by atoms with van der Waals surface area (Å²) in [5.41, 5.74) is 3.58. The zero-order valence-electron chi connectivity index (χ0n) is 29.7. The number of rotatable bonds is 13. The molecule has 4 aromatic carbocycles. The molecule has 0 spiro atoms. The monoisotopic (exact) mass is 722 g/mol. The number of aromatic nitrogens is 2. The SMILES string of the molecule is Cc1cccc(C)c1-c1cc(O[C@H](Cc2ccccc2)CN(Cc2ccccc2)C(=O)OC(C)(C)C)nc(NS(=O)(=O)c2ccccc2C(=O)O)n1. The number of aryl methyl sites for hydroxylation is 2. The van der Waals surface area contributed by atoms with Crippen molar-refractivity contribution in [2.24, 2.45) is 0 Å². The summed E-state index contributed by atoms with van der Waals surface area (Å²) in [6.07, 6.45) is -0.843. The predicted molar refractivity (Wildman–Crippen MR) is 199 cm³/mol. The lowest BCUT2D eigenvalue weighted by Gasteiger charge is -2.30. The van der Waals surface area contributed by atoms with E-state index in [4.69, 9.17) is 9.47 Å². The van der Waals surface area contributed by atoms with Gasteiger partial charge in [-0.2, -0.15) is 4.98 Å². The highest BCUT2D eigenvalue weighted by molar-refractivity contribution is 7.92. The first-order valence-corrected chi connectivity index (χ1v) is 18.2. The van der Waals surface area contributed by atoms with Crippen LogP contribution < -0.4 is 9.46 Å². The van der Waals surface area contributed by atoms with Crippen LogP contribution in [-0.4, -0.2) is 58.7 Å². The highest BCUT2D eigenvalue weighted by atomic mass is 32.2. The largest absolute Gasteiger partial charge is 0.478 e. The molecule has 12 heteroatoms. The minimum atomic E-state index is -4.47. The van der Waals surface area contributed by atoms with Crippen LogP contribution in [0, 0.1) is 13.8 Å². The van der Waals surface area contributed by atoms with Crippen LogP contribution in [0.1, 0.15) is 53.4 Å². The van der Waals surface area contributed by atoms with Gasteiger partial charge in [0.2, 0.25) is 11.8 Å². The maximum Gasteiger partial charge on any atom is 0.410 e. The molecule has 0 aliphatic carbocycles. The molecule has 11 nitrogen and oxygen atoms in total. The van der Waals surface area contributed by atoms with Crippen molar-refractivity contribution in [3.63, 3.8) is 0 Å². The lowest BCUT2D eigenvalue weighted by Crippen LogP contribution is -2.43. The van der Waals surface area contributed by atoms with Crippen molar-refractivity contribution in [2.45, 2.75) is 64.2 Å². The molecule has 0 bridgehead atoms. The molecule has 1 atom stereocenters. The Bertz CT molecular complexity index is 2120. The fraction of sp³-hybridized carbons (Fsp3) is 0.250. The minimum Gasteiger partial charge on any atom is -0.478 e. The molecule has 2 N–H and O–H groups in total. The van der Waals surface area contributed by atoms with Crippen LogP contribution in [0.25, 0.3) is 11.3 Å². The molecule has 5 rings (SSSR count). The molecule has 1 amide bonds. The summed E-state index contributed by atoms with van der Waals surface area (Å²) in [7, 11) is -4.47. The molecule has 0 aliphatic heterocycles. The lowest BCUT2D eigenvalue weighted by molar-refractivity contribution is 0.0146. The lowest BCUT2D eigenvalue weighted by atomic mass is 10.00. The number of anilines is 1. The van der Waals surface area contributed by atoms with E-state index in [0.29, 0.717) is 12.1 Å². The number of carbonyl (C=O) groups excluding carboxylic acids is 1. The maximum absolute atomic E-state index is 13.6. The fourth-order valence-corrected chi connectivity index (χ4v) is 6.85. The van der Waals surface area contributed by atoms with E-state index in [2.05, 4.69) is 14.7 Å². The number of hydrogen-bond donors (Lipinski definition) is 2. The standard InChI is InChI=1S/C40H42N4O7S/c1-27-15-14-16-28(2)36(27)33-24-35(42-38(41-33)43-52(48,49)34-22-13-12-21-32(34)37(45)46)50-31(23-29-17-8-6-9-18-29)26-44(39(47)51-40(3,4)5)25-30-19-10-7-11-20-30/h6-22,24,31H,23,25-26H2,1-5H3,(H,45,46)(H,41,42,43)/t31-/m1/s1. The normalized spacial score (nSPS) is 12.1. The van der Waals surface area contributed by atoms with Crippen LogP contribution in [0.4, 0.5) is 10.7 Å². The Hall–Kier alpha value is -5.75. The van der Waals surface area contributed by atoms with Crippen LogP contribution in [0.2, 0.25) is 0 Å². The van der Waals surface area contributed by atoms with Gasteiger partial charge in [-0.3, -0.25) is 0 Å². The number of ether oxygens (including phenoxy) is 2. The summed E-state index contributed by atoms with van der Waals surface area (Å²) in [4.78, 5) is 35.7. The topological polar surface area (TPSA) is 148 Å². The van der Waals surface area contributed by atoms with Crippen LogP contribution >= 0.6 is 0 Å². The van der Waals surface area contributed by atoms with Gasteiger partial charge in [0.15, 0.2) is 0 Å². The van der Waals surface area contributed by atoms with Gasteiger partial charge in [0.25, 0.3) is 10.0 Å². The van der Waals surface area contributed by atoms with Crippen LogP contribution in [0.15, 0.2) is 114 Å². The number of carboxylic acids is 1. The molecule has 0 unspecified atom stereocenters. The number of carboxylic acid groups (broad SMARTS) is 1. The van der Waals surface area contributed by atoms with Crippen molar-refractivity contribution < 1.29 is 32.6 Å². The van der Waals surface area contributed by atoms with E-state index < -0.39 is 44.2 Å². The first-order valence-electron chi connectivity index (χ1n) is 16.7. The van der Waals surface area contributed by atoms with E-state index in [1.165, 1.54) is 24.3 Å². The summed E-state index contributed by atoms with van der Waals surface area (Å²) in [5.74, 6) is -1.67. The Kier molecular flexibility index (Phi) is 11.6. The predicted octanol–water partition coefficient (Wildman–Crippen LogP) is 7.69. The smallest absolute Gasteiger partial charge is 0.410 e. The second-order valence-electron chi connectivity index (χ2n) is 13.4. The summed E-state index contributed by atoms with van der Waals surface area (Å²) in [6.45, 7) is 9.58. The van der Waals surface area contributed by atoms with Crippen molar-refractivity contribution in [1.29, 1.82) is 0 Å². The molecule has 1 aromatic heterocycles. The highest BCUT2D eigenvalue weighted by Gasteiger charge is 2.28.